The normalized spacial score (nSPS) is 16.0. The summed E-state index contributed by atoms with van der Waals surface area (Å²) < 4.78 is 0. The molecule has 1 saturated heterocycles. The van der Waals surface area contributed by atoms with Crippen LogP contribution >= 0.6 is 23.7 Å². The number of aliphatic hydroxyl groups excluding tert-OH is 1. The summed E-state index contributed by atoms with van der Waals surface area (Å²) in [5, 5.41) is 15.8. The Balaban J connectivity index is 0.00000225. The van der Waals surface area contributed by atoms with Crippen molar-refractivity contribution in [2.45, 2.75) is 25.5 Å². The predicted octanol–water partition coefficient (Wildman–Crippen LogP) is 3.23. The van der Waals surface area contributed by atoms with Gasteiger partial charge in [-0.2, -0.15) is 0 Å². The molecule has 136 valence electrons. The fraction of sp³-hybridized carbons (Fsp3) is 0.421. The number of aliphatic hydroxyl groups is 1. The fourth-order valence-electron chi connectivity index (χ4n) is 3.14. The molecule has 1 aliphatic rings. The van der Waals surface area contributed by atoms with Gasteiger partial charge in [-0.05, 0) is 42.9 Å². The van der Waals surface area contributed by atoms with Crippen LogP contribution < -0.4 is 5.32 Å². The number of rotatable bonds is 6. The predicted molar refractivity (Wildman–Crippen MR) is 104 cm³/mol. The number of nitrogens with zero attached hydrogens (tertiary/aromatic N) is 1. The van der Waals surface area contributed by atoms with Gasteiger partial charge in [-0.1, -0.05) is 36.4 Å². The van der Waals surface area contributed by atoms with Crippen LogP contribution in [0.15, 0.2) is 47.8 Å². The standard InChI is InChI=1S/C19H24N2O2S.ClH/c22-17(18-7-4-12-24-18)14-21(13-15-5-2-1-3-6-15)19(23)16-8-10-20-11-9-16;/h1-7,12,16-17,20,22H,8-11,13-14H2;1H. The van der Waals surface area contributed by atoms with Crippen molar-refractivity contribution >= 4 is 29.7 Å². The quantitative estimate of drug-likeness (QED) is 0.808. The lowest BCUT2D eigenvalue weighted by atomic mass is 9.96. The van der Waals surface area contributed by atoms with Gasteiger partial charge in [0, 0.05) is 17.3 Å². The van der Waals surface area contributed by atoms with Gasteiger partial charge >= 0.3 is 0 Å². The van der Waals surface area contributed by atoms with E-state index in [1.165, 1.54) is 11.3 Å². The van der Waals surface area contributed by atoms with Crippen molar-refractivity contribution in [3.63, 3.8) is 0 Å². The maximum Gasteiger partial charge on any atom is 0.226 e. The molecule has 0 saturated carbocycles. The lowest BCUT2D eigenvalue weighted by Gasteiger charge is -2.31. The fourth-order valence-corrected chi connectivity index (χ4v) is 3.85. The van der Waals surface area contributed by atoms with Crippen molar-refractivity contribution in [3.05, 3.63) is 58.3 Å². The first-order chi connectivity index (χ1) is 11.7. The van der Waals surface area contributed by atoms with E-state index >= 15 is 0 Å². The van der Waals surface area contributed by atoms with Crippen molar-refractivity contribution in [2.75, 3.05) is 19.6 Å². The maximum absolute atomic E-state index is 13.0. The van der Waals surface area contributed by atoms with Gasteiger partial charge in [-0.25, -0.2) is 0 Å². The number of halogens is 1. The van der Waals surface area contributed by atoms with Crippen molar-refractivity contribution in [1.82, 2.24) is 10.2 Å². The summed E-state index contributed by atoms with van der Waals surface area (Å²) in [6.07, 6.45) is 1.12. The lowest BCUT2D eigenvalue weighted by Crippen LogP contribution is -2.42. The zero-order valence-electron chi connectivity index (χ0n) is 14.1. The van der Waals surface area contributed by atoms with Gasteiger partial charge in [0.25, 0.3) is 0 Å². The lowest BCUT2D eigenvalue weighted by molar-refractivity contribution is -0.138. The number of benzene rings is 1. The number of amides is 1. The topological polar surface area (TPSA) is 52.6 Å². The maximum atomic E-state index is 13.0. The first-order valence-electron chi connectivity index (χ1n) is 8.49. The van der Waals surface area contributed by atoms with E-state index in [-0.39, 0.29) is 24.2 Å². The molecule has 1 amide bonds. The van der Waals surface area contributed by atoms with Gasteiger partial charge in [0.05, 0.1) is 6.54 Å². The van der Waals surface area contributed by atoms with E-state index in [0.717, 1.165) is 36.4 Å². The zero-order valence-corrected chi connectivity index (χ0v) is 15.8. The number of piperidine rings is 1. The summed E-state index contributed by atoms with van der Waals surface area (Å²) in [5.74, 6) is 0.224. The highest BCUT2D eigenvalue weighted by molar-refractivity contribution is 7.10. The Morgan fingerprint density at radius 1 is 1.20 bits per heavy atom. The summed E-state index contributed by atoms with van der Waals surface area (Å²) in [5.41, 5.74) is 1.10. The number of carbonyl (C=O) groups excluding carboxylic acids is 1. The Labute approximate surface area is 159 Å². The van der Waals surface area contributed by atoms with Crippen LogP contribution in [0.1, 0.15) is 29.4 Å². The minimum atomic E-state index is -0.626. The SMILES string of the molecule is Cl.O=C(C1CCNCC1)N(Cc1ccccc1)CC(O)c1cccs1. The van der Waals surface area contributed by atoms with E-state index < -0.39 is 6.10 Å². The van der Waals surface area contributed by atoms with Gasteiger partial charge in [-0.15, -0.1) is 23.7 Å². The van der Waals surface area contributed by atoms with E-state index in [9.17, 15) is 9.90 Å². The van der Waals surface area contributed by atoms with E-state index in [1.54, 1.807) is 0 Å². The Kier molecular flexibility index (Phi) is 7.90. The van der Waals surface area contributed by atoms with Crippen molar-refractivity contribution in [2.24, 2.45) is 5.92 Å². The molecule has 1 aromatic heterocycles. The molecule has 0 spiro atoms. The largest absolute Gasteiger partial charge is 0.386 e. The highest BCUT2D eigenvalue weighted by atomic mass is 35.5. The first-order valence-corrected chi connectivity index (χ1v) is 9.37. The Bertz CT molecular complexity index is 630. The third-order valence-corrected chi connectivity index (χ3v) is 5.45. The highest BCUT2D eigenvalue weighted by Gasteiger charge is 2.27. The molecule has 1 atom stereocenters. The summed E-state index contributed by atoms with van der Waals surface area (Å²) >= 11 is 1.53. The monoisotopic (exact) mass is 380 g/mol. The molecule has 0 radical (unpaired) electrons. The van der Waals surface area contributed by atoms with Crippen LogP contribution in [0, 0.1) is 5.92 Å². The van der Waals surface area contributed by atoms with E-state index in [1.807, 2.05) is 52.7 Å². The molecule has 4 nitrogen and oxygen atoms in total. The number of hydrogen-bond acceptors (Lipinski definition) is 4. The van der Waals surface area contributed by atoms with Gasteiger partial charge in [-0.3, -0.25) is 4.79 Å². The molecule has 2 N–H and O–H groups in total. The van der Waals surface area contributed by atoms with Gasteiger partial charge < -0.3 is 15.3 Å². The molecular formula is C19H25ClN2O2S. The molecule has 1 aliphatic heterocycles. The van der Waals surface area contributed by atoms with Crippen molar-refractivity contribution in [3.8, 4) is 0 Å². The minimum Gasteiger partial charge on any atom is -0.386 e. The van der Waals surface area contributed by atoms with E-state index in [0.29, 0.717) is 13.1 Å². The molecule has 1 unspecified atom stereocenters. The van der Waals surface area contributed by atoms with Crippen LogP contribution in [-0.2, 0) is 11.3 Å². The molecule has 25 heavy (non-hydrogen) atoms. The Hall–Kier alpha value is -1.40. The van der Waals surface area contributed by atoms with Gasteiger partial charge in [0.15, 0.2) is 0 Å². The summed E-state index contributed by atoms with van der Waals surface area (Å²) in [7, 11) is 0. The molecule has 2 heterocycles. The highest BCUT2D eigenvalue weighted by Crippen LogP contribution is 2.23. The van der Waals surface area contributed by atoms with Gasteiger partial charge in [0.2, 0.25) is 5.91 Å². The summed E-state index contributed by atoms with van der Waals surface area (Å²) in [6.45, 7) is 2.68. The van der Waals surface area contributed by atoms with Crippen LogP contribution in [0.3, 0.4) is 0 Å². The summed E-state index contributed by atoms with van der Waals surface area (Å²) in [4.78, 5) is 15.7. The molecule has 0 aliphatic carbocycles. The van der Waals surface area contributed by atoms with Crippen LogP contribution in [0.4, 0.5) is 0 Å². The van der Waals surface area contributed by atoms with Crippen LogP contribution in [0.5, 0.6) is 0 Å². The number of nitrogens with one attached hydrogen (secondary N) is 1. The Morgan fingerprint density at radius 3 is 2.56 bits per heavy atom. The second-order valence-electron chi connectivity index (χ2n) is 6.26. The first kappa shape index (κ1) is 19.9. The van der Waals surface area contributed by atoms with Gasteiger partial charge in [0.1, 0.15) is 6.10 Å². The summed E-state index contributed by atoms with van der Waals surface area (Å²) in [6, 6.07) is 13.9. The molecule has 1 aromatic carbocycles. The molecule has 1 fully saturated rings. The van der Waals surface area contributed by atoms with Crippen LogP contribution in [0.25, 0.3) is 0 Å². The number of carbonyl (C=O) groups is 1. The van der Waals surface area contributed by atoms with Crippen LogP contribution in [0.2, 0.25) is 0 Å². The molecular weight excluding hydrogens is 356 g/mol. The van der Waals surface area contributed by atoms with Crippen LogP contribution in [-0.4, -0.2) is 35.5 Å². The average molecular weight is 381 g/mol. The smallest absolute Gasteiger partial charge is 0.226 e. The minimum absolute atomic E-state index is 0. The Morgan fingerprint density at radius 2 is 1.92 bits per heavy atom. The second kappa shape index (κ2) is 9.92. The molecule has 2 aromatic rings. The molecule has 6 heteroatoms. The second-order valence-corrected chi connectivity index (χ2v) is 7.24. The third kappa shape index (κ3) is 5.54. The number of thiophene rings is 1. The van der Waals surface area contributed by atoms with E-state index in [2.05, 4.69) is 5.32 Å². The molecule has 3 rings (SSSR count). The third-order valence-electron chi connectivity index (χ3n) is 4.48. The number of hydrogen-bond donors (Lipinski definition) is 2. The van der Waals surface area contributed by atoms with Crippen molar-refractivity contribution < 1.29 is 9.90 Å². The van der Waals surface area contributed by atoms with E-state index in [4.69, 9.17) is 0 Å². The average Bonchev–Trinajstić information content (AvgIpc) is 3.17. The van der Waals surface area contributed by atoms with Crippen molar-refractivity contribution in [1.29, 1.82) is 0 Å². The zero-order chi connectivity index (χ0) is 16.8. The molecule has 0 bridgehead atoms.